The summed E-state index contributed by atoms with van der Waals surface area (Å²) in [5.74, 6) is 0. The average Bonchev–Trinajstić information content (AvgIpc) is 2.21. The van der Waals surface area contributed by atoms with Crippen molar-refractivity contribution in [3.8, 4) is 0 Å². The second-order valence-corrected chi connectivity index (χ2v) is 3.86. The van der Waals surface area contributed by atoms with E-state index < -0.39 is 0 Å². The summed E-state index contributed by atoms with van der Waals surface area (Å²) in [6, 6.07) is 0. The van der Waals surface area contributed by atoms with Gasteiger partial charge in [-0.15, -0.1) is 11.6 Å². The molecule has 0 radical (unpaired) electrons. The first-order valence-corrected chi connectivity index (χ1v) is 5.91. The molecule has 0 saturated heterocycles. The molecule has 0 heterocycles. The Labute approximate surface area is 93.2 Å². The molecule has 0 aliphatic heterocycles. The maximum absolute atomic E-state index is 5.96. The van der Waals surface area contributed by atoms with E-state index in [-0.39, 0.29) is 0 Å². The topological polar surface area (TPSA) is 12.0 Å². The van der Waals surface area contributed by atoms with Crippen LogP contribution in [0.1, 0.15) is 33.1 Å². The summed E-state index contributed by atoms with van der Waals surface area (Å²) < 4.78 is 0. The van der Waals surface area contributed by atoms with Crippen molar-refractivity contribution in [1.82, 2.24) is 5.32 Å². The third kappa shape index (κ3) is 9.82. The summed E-state index contributed by atoms with van der Waals surface area (Å²) in [6.07, 6.45) is 11.6. The molecule has 0 amide bonds. The molecule has 0 rings (SSSR count). The van der Waals surface area contributed by atoms with Crippen LogP contribution in [-0.4, -0.2) is 18.5 Å². The molecule has 14 heavy (non-hydrogen) atoms. The van der Waals surface area contributed by atoms with Crippen LogP contribution in [-0.2, 0) is 0 Å². The molecular weight excluding hydrogens is 194 g/mol. The average molecular weight is 216 g/mol. The third-order valence-electron chi connectivity index (χ3n) is 1.96. The zero-order valence-electron chi connectivity index (χ0n) is 9.30. The first-order chi connectivity index (χ1) is 6.81. The van der Waals surface area contributed by atoms with Gasteiger partial charge >= 0.3 is 0 Å². The Morgan fingerprint density at radius 1 is 1.21 bits per heavy atom. The lowest BCUT2D eigenvalue weighted by molar-refractivity contribution is 0.726. The fourth-order valence-corrected chi connectivity index (χ4v) is 1.11. The molecule has 0 saturated carbocycles. The first kappa shape index (κ1) is 13.7. The molecule has 0 fully saturated rings. The molecule has 0 bridgehead atoms. The van der Waals surface area contributed by atoms with Crippen molar-refractivity contribution in [1.29, 1.82) is 0 Å². The standard InChI is InChI=1S/C12H22ClN/c1-3-12(13)10-8-6-5-7-9-11-14-4-2/h5-8,12,14H,3-4,9-11H2,1-2H3/b7-5+,8-6+. The lowest BCUT2D eigenvalue weighted by atomic mass is 10.2. The number of hydrogen-bond acceptors (Lipinski definition) is 1. The van der Waals surface area contributed by atoms with Gasteiger partial charge in [-0.3, -0.25) is 0 Å². The van der Waals surface area contributed by atoms with Crippen LogP contribution < -0.4 is 5.32 Å². The van der Waals surface area contributed by atoms with Crippen LogP contribution >= 0.6 is 11.6 Å². The van der Waals surface area contributed by atoms with E-state index in [9.17, 15) is 0 Å². The van der Waals surface area contributed by atoms with Gasteiger partial charge in [0.25, 0.3) is 0 Å². The summed E-state index contributed by atoms with van der Waals surface area (Å²) in [6.45, 7) is 6.34. The zero-order chi connectivity index (χ0) is 10.6. The highest BCUT2D eigenvalue weighted by Crippen LogP contribution is 2.06. The molecule has 0 aliphatic carbocycles. The van der Waals surface area contributed by atoms with Crippen LogP contribution in [0.15, 0.2) is 24.3 Å². The van der Waals surface area contributed by atoms with Crippen molar-refractivity contribution in [2.24, 2.45) is 0 Å². The molecule has 2 heteroatoms. The lowest BCUT2D eigenvalue weighted by Crippen LogP contribution is -2.12. The van der Waals surface area contributed by atoms with Crippen LogP contribution in [0.4, 0.5) is 0 Å². The van der Waals surface area contributed by atoms with E-state index in [1.165, 1.54) is 0 Å². The fraction of sp³-hybridized carbons (Fsp3) is 0.667. The predicted octanol–water partition coefficient (Wildman–Crippen LogP) is 3.51. The summed E-state index contributed by atoms with van der Waals surface area (Å²) in [7, 11) is 0. The van der Waals surface area contributed by atoms with E-state index in [0.29, 0.717) is 5.38 Å². The summed E-state index contributed by atoms with van der Waals surface area (Å²) >= 11 is 5.96. The van der Waals surface area contributed by atoms with Crippen LogP contribution in [0.25, 0.3) is 0 Å². The highest BCUT2D eigenvalue weighted by Gasteiger charge is 1.94. The number of allylic oxidation sites excluding steroid dienone is 3. The molecule has 0 aromatic carbocycles. The van der Waals surface area contributed by atoms with Gasteiger partial charge in [0.05, 0.1) is 0 Å². The van der Waals surface area contributed by atoms with Crippen molar-refractivity contribution in [3.05, 3.63) is 24.3 Å². The van der Waals surface area contributed by atoms with Gasteiger partial charge in [0, 0.05) is 5.38 Å². The van der Waals surface area contributed by atoms with Crippen LogP contribution in [0, 0.1) is 0 Å². The number of nitrogens with one attached hydrogen (secondary N) is 1. The highest BCUT2D eigenvalue weighted by molar-refractivity contribution is 6.20. The number of rotatable bonds is 8. The Bertz CT molecular complexity index is 164. The molecule has 1 nitrogen and oxygen atoms in total. The largest absolute Gasteiger partial charge is 0.317 e. The van der Waals surface area contributed by atoms with Gasteiger partial charge in [0.1, 0.15) is 0 Å². The predicted molar refractivity (Wildman–Crippen MR) is 66.0 cm³/mol. The number of hydrogen-bond donors (Lipinski definition) is 1. The number of alkyl halides is 1. The van der Waals surface area contributed by atoms with Crippen LogP contribution in [0.5, 0.6) is 0 Å². The fourth-order valence-electron chi connectivity index (χ4n) is 1.01. The van der Waals surface area contributed by atoms with Crippen LogP contribution in [0.2, 0.25) is 0 Å². The monoisotopic (exact) mass is 215 g/mol. The van der Waals surface area contributed by atoms with Gasteiger partial charge in [-0.05, 0) is 32.4 Å². The minimum atomic E-state index is 0.293. The number of halogens is 1. The van der Waals surface area contributed by atoms with E-state index in [0.717, 1.165) is 32.4 Å². The van der Waals surface area contributed by atoms with E-state index in [2.05, 4.69) is 43.5 Å². The molecule has 0 spiro atoms. The molecule has 1 unspecified atom stereocenters. The molecule has 0 aromatic rings. The van der Waals surface area contributed by atoms with Gasteiger partial charge in [0.15, 0.2) is 0 Å². The zero-order valence-corrected chi connectivity index (χ0v) is 10.1. The van der Waals surface area contributed by atoms with Crippen molar-refractivity contribution < 1.29 is 0 Å². The van der Waals surface area contributed by atoms with Gasteiger partial charge in [-0.1, -0.05) is 38.2 Å². The Morgan fingerprint density at radius 2 is 1.93 bits per heavy atom. The van der Waals surface area contributed by atoms with Crippen LogP contribution in [0.3, 0.4) is 0 Å². The SMILES string of the molecule is CCNCC/C=C/C=C/CC(Cl)CC. The van der Waals surface area contributed by atoms with E-state index in [1.54, 1.807) is 0 Å². The van der Waals surface area contributed by atoms with Crippen molar-refractivity contribution in [2.45, 2.75) is 38.5 Å². The van der Waals surface area contributed by atoms with E-state index >= 15 is 0 Å². The lowest BCUT2D eigenvalue weighted by Gasteiger charge is -1.98. The summed E-state index contributed by atoms with van der Waals surface area (Å²) in [5.41, 5.74) is 0. The second kappa shape index (κ2) is 10.8. The maximum Gasteiger partial charge on any atom is 0.0368 e. The molecule has 1 N–H and O–H groups in total. The Balaban J connectivity index is 3.32. The minimum absolute atomic E-state index is 0.293. The smallest absolute Gasteiger partial charge is 0.0368 e. The molecular formula is C12H22ClN. The van der Waals surface area contributed by atoms with Gasteiger partial charge in [-0.25, -0.2) is 0 Å². The van der Waals surface area contributed by atoms with E-state index in [1.807, 2.05) is 0 Å². The normalized spacial score (nSPS) is 14.2. The third-order valence-corrected chi connectivity index (χ3v) is 2.44. The second-order valence-electron chi connectivity index (χ2n) is 3.24. The Kier molecular flexibility index (Phi) is 10.6. The molecule has 0 aromatic heterocycles. The minimum Gasteiger partial charge on any atom is -0.317 e. The van der Waals surface area contributed by atoms with Crippen molar-refractivity contribution >= 4 is 11.6 Å². The van der Waals surface area contributed by atoms with Crippen molar-refractivity contribution in [3.63, 3.8) is 0 Å². The Morgan fingerprint density at radius 3 is 2.57 bits per heavy atom. The van der Waals surface area contributed by atoms with Gasteiger partial charge in [0.2, 0.25) is 0 Å². The van der Waals surface area contributed by atoms with Crippen molar-refractivity contribution in [2.75, 3.05) is 13.1 Å². The first-order valence-electron chi connectivity index (χ1n) is 5.47. The maximum atomic E-state index is 5.96. The quantitative estimate of drug-likeness (QED) is 0.371. The summed E-state index contributed by atoms with van der Waals surface area (Å²) in [5, 5.41) is 3.56. The molecule has 0 aliphatic rings. The molecule has 1 atom stereocenters. The summed E-state index contributed by atoms with van der Waals surface area (Å²) in [4.78, 5) is 0. The molecule has 82 valence electrons. The van der Waals surface area contributed by atoms with Gasteiger partial charge in [-0.2, -0.15) is 0 Å². The Hall–Kier alpha value is -0.270. The van der Waals surface area contributed by atoms with Gasteiger partial charge < -0.3 is 5.32 Å². The highest BCUT2D eigenvalue weighted by atomic mass is 35.5. The van der Waals surface area contributed by atoms with E-state index in [4.69, 9.17) is 11.6 Å².